The van der Waals surface area contributed by atoms with Crippen LogP contribution in [0, 0.1) is 12.8 Å². The fraction of sp³-hybridized carbons (Fsp3) is 0.438. The zero-order valence-electron chi connectivity index (χ0n) is 12.2. The van der Waals surface area contributed by atoms with Crippen molar-refractivity contribution < 1.29 is 4.79 Å². The summed E-state index contributed by atoms with van der Waals surface area (Å²) in [7, 11) is 0. The molecule has 2 aromatic rings. The second kappa shape index (κ2) is 6.08. The van der Waals surface area contributed by atoms with Gasteiger partial charge in [-0.15, -0.1) is 0 Å². The maximum Gasteiger partial charge on any atom is 0.223 e. The molecule has 3 rings (SSSR count). The molecule has 5 heteroatoms. The van der Waals surface area contributed by atoms with Crippen molar-refractivity contribution in [1.29, 1.82) is 0 Å². The molecule has 1 heterocycles. The highest BCUT2D eigenvalue weighted by Gasteiger charge is 2.22. The van der Waals surface area contributed by atoms with Gasteiger partial charge in [0.05, 0.1) is 6.54 Å². The van der Waals surface area contributed by atoms with E-state index in [1.165, 1.54) is 5.56 Å². The molecule has 0 aliphatic heterocycles. The Bertz CT molecular complexity index is 611. The first-order valence-electron chi connectivity index (χ1n) is 7.48. The molecule has 1 amide bonds. The number of rotatable bonds is 4. The number of aromatic nitrogens is 3. The first-order valence-corrected chi connectivity index (χ1v) is 7.48. The molecule has 2 N–H and O–H groups in total. The highest BCUT2D eigenvalue weighted by Crippen LogP contribution is 2.24. The Hall–Kier alpha value is -2.17. The number of hydrogen-bond donors (Lipinski definition) is 2. The van der Waals surface area contributed by atoms with Crippen LogP contribution in [-0.2, 0) is 11.3 Å². The molecule has 0 unspecified atom stereocenters. The monoisotopic (exact) mass is 284 g/mol. The number of aromatic amines is 1. The molecule has 0 radical (unpaired) electrons. The van der Waals surface area contributed by atoms with Crippen molar-refractivity contribution in [3.63, 3.8) is 0 Å². The van der Waals surface area contributed by atoms with E-state index in [4.69, 9.17) is 0 Å². The van der Waals surface area contributed by atoms with E-state index in [9.17, 15) is 4.79 Å². The largest absolute Gasteiger partial charge is 0.349 e. The predicted molar refractivity (Wildman–Crippen MR) is 80.4 cm³/mol. The summed E-state index contributed by atoms with van der Waals surface area (Å²) in [5, 5.41) is 10.0. The zero-order chi connectivity index (χ0) is 14.7. The summed E-state index contributed by atoms with van der Waals surface area (Å²) < 4.78 is 0. The minimum Gasteiger partial charge on any atom is -0.349 e. The van der Waals surface area contributed by atoms with E-state index in [-0.39, 0.29) is 11.8 Å². The van der Waals surface area contributed by atoms with Crippen LogP contribution in [0.5, 0.6) is 0 Å². The average Bonchev–Trinajstić information content (AvgIpc) is 3.17. The molecule has 1 aliphatic carbocycles. The fourth-order valence-corrected chi connectivity index (χ4v) is 2.71. The number of benzene rings is 1. The summed E-state index contributed by atoms with van der Waals surface area (Å²) in [5.74, 6) is 1.68. The van der Waals surface area contributed by atoms with E-state index in [1.54, 1.807) is 0 Å². The Kier molecular flexibility index (Phi) is 3.99. The van der Waals surface area contributed by atoms with Gasteiger partial charge in [-0.25, -0.2) is 4.98 Å². The van der Waals surface area contributed by atoms with Crippen LogP contribution < -0.4 is 5.32 Å². The number of aryl methyl sites for hydroxylation is 1. The normalized spacial score (nSPS) is 15.3. The summed E-state index contributed by atoms with van der Waals surface area (Å²) in [6.45, 7) is 2.46. The quantitative estimate of drug-likeness (QED) is 0.906. The summed E-state index contributed by atoms with van der Waals surface area (Å²) in [6, 6.07) is 8.07. The van der Waals surface area contributed by atoms with Crippen LogP contribution in [0.1, 0.15) is 37.1 Å². The van der Waals surface area contributed by atoms with Gasteiger partial charge in [-0.1, -0.05) is 42.7 Å². The summed E-state index contributed by atoms with van der Waals surface area (Å²) in [5.41, 5.74) is 2.18. The molecule has 0 saturated heterocycles. The molecule has 0 bridgehead atoms. The number of nitrogens with zero attached hydrogens (tertiary/aromatic N) is 2. The molecular weight excluding hydrogens is 264 g/mol. The number of H-pyrrole nitrogens is 1. The van der Waals surface area contributed by atoms with Gasteiger partial charge in [-0.05, 0) is 19.8 Å². The second-order valence-electron chi connectivity index (χ2n) is 5.67. The molecule has 1 saturated carbocycles. The third-order valence-corrected chi connectivity index (χ3v) is 4.00. The van der Waals surface area contributed by atoms with Crippen molar-refractivity contribution in [3.05, 3.63) is 35.7 Å². The van der Waals surface area contributed by atoms with Gasteiger partial charge in [-0.3, -0.25) is 9.89 Å². The Morgan fingerprint density at radius 1 is 1.29 bits per heavy atom. The minimum absolute atomic E-state index is 0.140. The van der Waals surface area contributed by atoms with Gasteiger partial charge in [-0.2, -0.15) is 5.10 Å². The van der Waals surface area contributed by atoms with E-state index >= 15 is 0 Å². The number of nitrogens with one attached hydrogen (secondary N) is 2. The van der Waals surface area contributed by atoms with Crippen molar-refractivity contribution in [3.8, 4) is 11.4 Å². The molecule has 1 aromatic carbocycles. The van der Waals surface area contributed by atoms with Crippen molar-refractivity contribution in [1.82, 2.24) is 20.5 Å². The summed E-state index contributed by atoms with van der Waals surface area (Å²) >= 11 is 0. The van der Waals surface area contributed by atoms with Crippen molar-refractivity contribution in [2.45, 2.75) is 39.2 Å². The zero-order valence-corrected chi connectivity index (χ0v) is 12.2. The summed E-state index contributed by atoms with van der Waals surface area (Å²) in [4.78, 5) is 16.4. The highest BCUT2D eigenvalue weighted by atomic mass is 16.1. The SMILES string of the molecule is Cc1ccc(-c2n[nH]c(CNC(=O)C3CCCC3)n2)cc1. The van der Waals surface area contributed by atoms with Crippen LogP contribution in [0.2, 0.25) is 0 Å². The lowest BCUT2D eigenvalue weighted by Crippen LogP contribution is -2.29. The third kappa shape index (κ3) is 3.29. The fourth-order valence-electron chi connectivity index (χ4n) is 2.71. The molecule has 0 spiro atoms. The van der Waals surface area contributed by atoms with Crippen LogP contribution >= 0.6 is 0 Å². The Labute approximate surface area is 124 Å². The van der Waals surface area contributed by atoms with Gasteiger partial charge in [0, 0.05) is 11.5 Å². The van der Waals surface area contributed by atoms with E-state index in [2.05, 4.69) is 20.5 Å². The van der Waals surface area contributed by atoms with Crippen molar-refractivity contribution in [2.75, 3.05) is 0 Å². The maximum absolute atomic E-state index is 12.0. The van der Waals surface area contributed by atoms with Crippen LogP contribution in [0.25, 0.3) is 11.4 Å². The lowest BCUT2D eigenvalue weighted by atomic mass is 10.1. The van der Waals surface area contributed by atoms with Gasteiger partial charge < -0.3 is 5.32 Å². The number of carbonyl (C=O) groups is 1. The van der Waals surface area contributed by atoms with E-state index < -0.39 is 0 Å². The molecule has 5 nitrogen and oxygen atoms in total. The van der Waals surface area contributed by atoms with Gasteiger partial charge in [0.15, 0.2) is 5.82 Å². The smallest absolute Gasteiger partial charge is 0.223 e. The molecule has 1 fully saturated rings. The standard InChI is InChI=1S/C16H20N4O/c1-11-6-8-12(9-7-11)15-18-14(19-20-15)10-17-16(21)13-4-2-3-5-13/h6-9,13H,2-5,10H2,1H3,(H,17,21)(H,18,19,20). The van der Waals surface area contributed by atoms with Crippen molar-refractivity contribution >= 4 is 5.91 Å². The molecule has 1 aromatic heterocycles. The topological polar surface area (TPSA) is 70.7 Å². The maximum atomic E-state index is 12.0. The number of amides is 1. The number of carbonyl (C=O) groups excluding carboxylic acids is 1. The summed E-state index contributed by atoms with van der Waals surface area (Å²) in [6.07, 6.45) is 4.35. The minimum atomic E-state index is 0.140. The Morgan fingerprint density at radius 3 is 2.71 bits per heavy atom. The van der Waals surface area contributed by atoms with Crippen LogP contribution in [0.3, 0.4) is 0 Å². The predicted octanol–water partition coefficient (Wildman–Crippen LogP) is 2.59. The second-order valence-corrected chi connectivity index (χ2v) is 5.67. The van der Waals surface area contributed by atoms with Crippen LogP contribution in [-0.4, -0.2) is 21.1 Å². The first-order chi connectivity index (χ1) is 10.2. The van der Waals surface area contributed by atoms with E-state index in [1.807, 2.05) is 31.2 Å². The van der Waals surface area contributed by atoms with E-state index in [0.29, 0.717) is 18.2 Å². The Morgan fingerprint density at radius 2 is 2.00 bits per heavy atom. The van der Waals surface area contributed by atoms with Gasteiger partial charge >= 0.3 is 0 Å². The Balaban J connectivity index is 1.60. The van der Waals surface area contributed by atoms with Crippen molar-refractivity contribution in [2.24, 2.45) is 5.92 Å². The lowest BCUT2D eigenvalue weighted by Gasteiger charge is -2.08. The lowest BCUT2D eigenvalue weighted by molar-refractivity contribution is -0.125. The average molecular weight is 284 g/mol. The molecule has 21 heavy (non-hydrogen) atoms. The van der Waals surface area contributed by atoms with Crippen LogP contribution in [0.4, 0.5) is 0 Å². The van der Waals surface area contributed by atoms with Gasteiger partial charge in [0.25, 0.3) is 0 Å². The third-order valence-electron chi connectivity index (χ3n) is 4.00. The number of hydrogen-bond acceptors (Lipinski definition) is 3. The molecule has 110 valence electrons. The van der Waals surface area contributed by atoms with Crippen LogP contribution in [0.15, 0.2) is 24.3 Å². The molecular formula is C16H20N4O. The first kappa shape index (κ1) is 13.8. The highest BCUT2D eigenvalue weighted by molar-refractivity contribution is 5.78. The molecule has 0 atom stereocenters. The van der Waals surface area contributed by atoms with Gasteiger partial charge in [0.1, 0.15) is 5.82 Å². The molecule has 1 aliphatic rings. The van der Waals surface area contributed by atoms with E-state index in [0.717, 1.165) is 31.2 Å². The van der Waals surface area contributed by atoms with Gasteiger partial charge in [0.2, 0.25) is 5.91 Å².